The van der Waals surface area contributed by atoms with Crippen molar-refractivity contribution in [1.82, 2.24) is 9.97 Å². The number of amides is 1. The summed E-state index contributed by atoms with van der Waals surface area (Å²) in [6.07, 6.45) is 8.31. The molecule has 29 heavy (non-hydrogen) atoms. The van der Waals surface area contributed by atoms with Gasteiger partial charge >= 0.3 is 6.61 Å². The molecular formula is C20H30F2N4O3. The van der Waals surface area contributed by atoms with Crippen molar-refractivity contribution in [1.29, 1.82) is 0 Å². The number of ether oxygens (including phenoxy) is 1. The van der Waals surface area contributed by atoms with E-state index in [1.54, 1.807) is 0 Å². The van der Waals surface area contributed by atoms with Crippen LogP contribution in [0.3, 0.4) is 0 Å². The SMILES string of the molecule is NC(=O)c1cnc(NC2CCC(OC(F)F)CC2)nc1C[C@@H]1CCCC[C@H](O)C1. The maximum absolute atomic E-state index is 12.3. The number of halogens is 2. The zero-order chi connectivity index (χ0) is 20.8. The maximum atomic E-state index is 12.3. The molecule has 1 heterocycles. The lowest BCUT2D eigenvalue weighted by atomic mass is 9.92. The topological polar surface area (TPSA) is 110 Å². The fraction of sp³-hybridized carbons (Fsp3) is 0.750. The van der Waals surface area contributed by atoms with Crippen molar-refractivity contribution in [2.24, 2.45) is 11.7 Å². The van der Waals surface area contributed by atoms with Gasteiger partial charge in [0, 0.05) is 12.2 Å². The van der Waals surface area contributed by atoms with Crippen LogP contribution in [-0.4, -0.2) is 45.8 Å². The van der Waals surface area contributed by atoms with E-state index in [2.05, 4.69) is 20.0 Å². The number of hydrogen-bond donors (Lipinski definition) is 3. The molecule has 1 amide bonds. The van der Waals surface area contributed by atoms with Crippen molar-refractivity contribution < 1.29 is 23.4 Å². The van der Waals surface area contributed by atoms with E-state index in [-0.39, 0.29) is 18.1 Å². The Morgan fingerprint density at radius 1 is 1.24 bits per heavy atom. The second-order valence-corrected chi connectivity index (χ2v) is 8.18. The van der Waals surface area contributed by atoms with Crippen LogP contribution >= 0.6 is 0 Å². The number of aromatic nitrogens is 2. The van der Waals surface area contributed by atoms with Gasteiger partial charge in [0.15, 0.2) is 0 Å². The van der Waals surface area contributed by atoms with E-state index in [0.29, 0.717) is 55.7 Å². The third-order valence-electron chi connectivity index (χ3n) is 5.92. The minimum absolute atomic E-state index is 0.0690. The molecule has 2 aliphatic rings. The number of aliphatic hydroxyl groups is 1. The second kappa shape index (κ2) is 10.2. The number of hydrogen-bond acceptors (Lipinski definition) is 6. The minimum Gasteiger partial charge on any atom is -0.393 e. The van der Waals surface area contributed by atoms with E-state index in [4.69, 9.17) is 5.73 Å². The number of nitrogens with zero attached hydrogens (tertiary/aromatic N) is 2. The molecule has 0 aromatic carbocycles. The van der Waals surface area contributed by atoms with Crippen molar-refractivity contribution in [2.75, 3.05) is 5.32 Å². The lowest BCUT2D eigenvalue weighted by molar-refractivity contribution is -0.169. The number of rotatable bonds is 7. The van der Waals surface area contributed by atoms with E-state index < -0.39 is 18.6 Å². The predicted octanol–water partition coefficient (Wildman–Crippen LogP) is 3.02. The van der Waals surface area contributed by atoms with Crippen LogP contribution in [0.25, 0.3) is 0 Å². The summed E-state index contributed by atoms with van der Waals surface area (Å²) in [6, 6.07) is 0.0690. The van der Waals surface area contributed by atoms with Gasteiger partial charge < -0.3 is 20.9 Å². The molecular weight excluding hydrogens is 382 g/mol. The number of carbonyl (C=O) groups excluding carboxylic acids is 1. The molecule has 0 radical (unpaired) electrons. The number of nitrogens with one attached hydrogen (secondary N) is 1. The monoisotopic (exact) mass is 412 g/mol. The zero-order valence-electron chi connectivity index (χ0n) is 16.5. The molecule has 9 heteroatoms. The fourth-order valence-corrected chi connectivity index (χ4v) is 4.41. The Balaban J connectivity index is 1.64. The summed E-state index contributed by atoms with van der Waals surface area (Å²) < 4.78 is 29.3. The normalized spacial score (nSPS) is 28.1. The highest BCUT2D eigenvalue weighted by Gasteiger charge is 2.26. The summed E-state index contributed by atoms with van der Waals surface area (Å²) >= 11 is 0. The van der Waals surface area contributed by atoms with E-state index in [1.807, 2.05) is 0 Å². The second-order valence-electron chi connectivity index (χ2n) is 8.18. The van der Waals surface area contributed by atoms with Crippen molar-refractivity contribution in [3.63, 3.8) is 0 Å². The summed E-state index contributed by atoms with van der Waals surface area (Å²) in [5.74, 6) is 0.0954. The van der Waals surface area contributed by atoms with E-state index in [0.717, 1.165) is 25.7 Å². The van der Waals surface area contributed by atoms with Crippen LogP contribution in [-0.2, 0) is 11.2 Å². The summed E-state index contributed by atoms with van der Waals surface area (Å²) in [6.45, 7) is -2.74. The summed E-state index contributed by atoms with van der Waals surface area (Å²) in [4.78, 5) is 20.6. The van der Waals surface area contributed by atoms with E-state index in [1.165, 1.54) is 6.20 Å². The molecule has 162 valence electrons. The van der Waals surface area contributed by atoms with Crippen LogP contribution in [0.2, 0.25) is 0 Å². The molecule has 2 fully saturated rings. The number of carbonyl (C=O) groups is 1. The summed E-state index contributed by atoms with van der Waals surface area (Å²) in [7, 11) is 0. The van der Waals surface area contributed by atoms with E-state index in [9.17, 15) is 18.7 Å². The number of primary amides is 1. The van der Waals surface area contributed by atoms with Crippen molar-refractivity contribution >= 4 is 11.9 Å². The first-order chi connectivity index (χ1) is 13.9. The molecule has 3 rings (SSSR count). The van der Waals surface area contributed by atoms with Gasteiger partial charge in [-0.15, -0.1) is 0 Å². The third-order valence-corrected chi connectivity index (χ3v) is 5.92. The van der Waals surface area contributed by atoms with Crippen LogP contribution in [0.15, 0.2) is 6.20 Å². The van der Waals surface area contributed by atoms with Gasteiger partial charge in [0.1, 0.15) is 0 Å². The van der Waals surface area contributed by atoms with Gasteiger partial charge in [-0.2, -0.15) is 8.78 Å². The Labute approximate surface area is 169 Å². The van der Waals surface area contributed by atoms with Gasteiger partial charge in [0.2, 0.25) is 5.95 Å². The van der Waals surface area contributed by atoms with Crippen LogP contribution in [0.1, 0.15) is 73.8 Å². The van der Waals surface area contributed by atoms with Crippen molar-refractivity contribution in [3.05, 3.63) is 17.5 Å². The minimum atomic E-state index is -2.74. The fourth-order valence-electron chi connectivity index (χ4n) is 4.41. The van der Waals surface area contributed by atoms with E-state index >= 15 is 0 Å². The van der Waals surface area contributed by atoms with Gasteiger partial charge in [-0.25, -0.2) is 9.97 Å². The molecule has 0 spiro atoms. The van der Waals surface area contributed by atoms with Crippen LogP contribution < -0.4 is 11.1 Å². The van der Waals surface area contributed by atoms with Gasteiger partial charge in [-0.1, -0.05) is 12.8 Å². The van der Waals surface area contributed by atoms with Gasteiger partial charge in [-0.3, -0.25) is 4.79 Å². The lowest BCUT2D eigenvalue weighted by Crippen LogP contribution is -2.31. The molecule has 0 aliphatic heterocycles. The number of nitrogens with two attached hydrogens (primary N) is 1. The number of anilines is 1. The predicted molar refractivity (Wildman–Crippen MR) is 104 cm³/mol. The highest BCUT2D eigenvalue weighted by molar-refractivity contribution is 5.93. The third kappa shape index (κ3) is 6.57. The molecule has 2 atom stereocenters. The Morgan fingerprint density at radius 3 is 2.66 bits per heavy atom. The molecule has 2 saturated carbocycles. The van der Waals surface area contributed by atoms with Gasteiger partial charge in [0.05, 0.1) is 23.5 Å². The molecule has 4 N–H and O–H groups in total. The van der Waals surface area contributed by atoms with Crippen LogP contribution in [0, 0.1) is 5.92 Å². The van der Waals surface area contributed by atoms with Gasteiger partial charge in [0.25, 0.3) is 5.91 Å². The van der Waals surface area contributed by atoms with Crippen LogP contribution in [0.4, 0.5) is 14.7 Å². The number of alkyl halides is 2. The Bertz CT molecular complexity index is 684. The summed E-state index contributed by atoms with van der Waals surface area (Å²) in [5, 5.41) is 13.3. The quantitative estimate of drug-likeness (QED) is 0.594. The molecule has 1 aromatic heterocycles. The maximum Gasteiger partial charge on any atom is 0.345 e. The zero-order valence-corrected chi connectivity index (χ0v) is 16.5. The highest BCUT2D eigenvalue weighted by atomic mass is 19.3. The van der Waals surface area contributed by atoms with Gasteiger partial charge in [-0.05, 0) is 57.3 Å². The van der Waals surface area contributed by atoms with Crippen molar-refractivity contribution in [2.45, 2.75) is 89.1 Å². The molecule has 0 unspecified atom stereocenters. The average molecular weight is 412 g/mol. The largest absolute Gasteiger partial charge is 0.393 e. The molecule has 7 nitrogen and oxygen atoms in total. The first-order valence-corrected chi connectivity index (χ1v) is 10.4. The Morgan fingerprint density at radius 2 is 1.97 bits per heavy atom. The molecule has 0 bridgehead atoms. The molecule has 2 aliphatic carbocycles. The average Bonchev–Trinajstić information content (AvgIpc) is 2.86. The smallest absolute Gasteiger partial charge is 0.345 e. The highest BCUT2D eigenvalue weighted by Crippen LogP contribution is 2.28. The Kier molecular flexibility index (Phi) is 7.71. The van der Waals surface area contributed by atoms with Crippen molar-refractivity contribution in [3.8, 4) is 0 Å². The first kappa shape index (κ1) is 21.8. The number of aliphatic hydroxyl groups excluding tert-OH is 1. The van der Waals surface area contributed by atoms with Crippen LogP contribution in [0.5, 0.6) is 0 Å². The summed E-state index contributed by atoms with van der Waals surface area (Å²) in [5.41, 5.74) is 6.41. The standard InChI is InChI=1S/C20H30F2N4O3/c21-19(22)29-15-7-5-13(6-8-15)25-20-24-11-16(18(23)28)17(26-20)10-12-3-1-2-4-14(27)9-12/h11-15,19,27H,1-10H2,(H2,23,28)(H,24,25,26)/t12-,13?,14+,15?/m1/s1. The first-order valence-electron chi connectivity index (χ1n) is 10.4. The molecule has 0 saturated heterocycles. The lowest BCUT2D eigenvalue weighted by Gasteiger charge is -2.29. The Hall–Kier alpha value is -1.87. The molecule has 1 aromatic rings.